The normalized spacial score (nSPS) is 16.9. The number of likely N-dealkylation sites (tertiary alicyclic amines) is 1. The van der Waals surface area contributed by atoms with Gasteiger partial charge in [0.15, 0.2) is 0 Å². The van der Waals surface area contributed by atoms with Gasteiger partial charge in [-0.05, 0) is 56.2 Å². The van der Waals surface area contributed by atoms with E-state index in [-0.39, 0.29) is 89.0 Å². The van der Waals surface area contributed by atoms with Gasteiger partial charge in [-0.15, -0.1) is 0 Å². The van der Waals surface area contributed by atoms with Crippen molar-refractivity contribution in [3.63, 3.8) is 0 Å². The maximum Gasteiger partial charge on any atom is 0.312 e. The number of amides is 6. The van der Waals surface area contributed by atoms with Crippen molar-refractivity contribution < 1.29 is 52.8 Å². The van der Waals surface area contributed by atoms with Gasteiger partial charge in [0, 0.05) is 24.8 Å². The van der Waals surface area contributed by atoms with E-state index in [1.54, 1.807) is 43.0 Å². The fraction of sp³-hybridized carbons (Fsp3) is 0.647. The second kappa shape index (κ2) is 23.2. The lowest BCUT2D eigenvalue weighted by atomic mass is 9.91. The number of urea groups is 1. The van der Waals surface area contributed by atoms with Crippen molar-refractivity contribution in [1.29, 1.82) is 0 Å². The predicted molar refractivity (Wildman–Crippen MR) is 185 cm³/mol. The molecule has 0 bridgehead atoms. The Morgan fingerprint density at radius 3 is 2.18 bits per heavy atom. The van der Waals surface area contributed by atoms with Crippen LogP contribution in [0.2, 0.25) is 0 Å². The molecule has 1 aromatic carbocycles. The minimum atomic E-state index is -0.993. The van der Waals surface area contributed by atoms with Gasteiger partial charge in [0.1, 0.15) is 25.3 Å². The van der Waals surface area contributed by atoms with E-state index in [0.717, 1.165) is 0 Å². The van der Waals surface area contributed by atoms with E-state index >= 15 is 0 Å². The molecule has 1 aliphatic heterocycles. The molecule has 0 aromatic heterocycles. The molecule has 6 amide bonds. The van der Waals surface area contributed by atoms with Gasteiger partial charge < -0.3 is 56.0 Å². The average molecular weight is 723 g/mol. The van der Waals surface area contributed by atoms with E-state index in [2.05, 4.69) is 21.3 Å². The Kier molecular flexibility index (Phi) is 19.5. The number of hydrogen-bond donors (Lipinski definition) is 6. The average Bonchev–Trinajstić information content (AvgIpc) is 3.10. The van der Waals surface area contributed by atoms with E-state index in [0.29, 0.717) is 37.1 Å². The van der Waals surface area contributed by atoms with Crippen LogP contribution in [0.5, 0.6) is 0 Å². The highest BCUT2D eigenvalue weighted by molar-refractivity contribution is 5.98. The number of primary amides is 1. The summed E-state index contributed by atoms with van der Waals surface area (Å²) >= 11 is 0. The molecule has 1 heterocycles. The minimum Gasteiger partial charge on any atom is -0.469 e. The molecule has 4 atom stereocenters. The summed E-state index contributed by atoms with van der Waals surface area (Å²) in [4.78, 5) is 76.1. The Hall–Kier alpha value is -4.32. The molecular weight excluding hydrogens is 668 g/mol. The van der Waals surface area contributed by atoms with Crippen LogP contribution in [0.3, 0.4) is 0 Å². The number of nitrogens with zero attached hydrogens (tertiary/aromatic N) is 1. The van der Waals surface area contributed by atoms with E-state index in [4.69, 9.17) is 24.7 Å². The van der Waals surface area contributed by atoms with Crippen molar-refractivity contribution in [2.24, 2.45) is 17.6 Å². The third kappa shape index (κ3) is 16.1. The Balaban J connectivity index is 1.72. The van der Waals surface area contributed by atoms with E-state index in [1.165, 1.54) is 7.11 Å². The Morgan fingerprint density at radius 1 is 0.941 bits per heavy atom. The third-order valence-corrected chi connectivity index (χ3v) is 8.21. The first-order valence-corrected chi connectivity index (χ1v) is 17.1. The van der Waals surface area contributed by atoms with Crippen LogP contribution in [-0.4, -0.2) is 124 Å². The van der Waals surface area contributed by atoms with E-state index in [1.807, 2.05) is 6.92 Å². The molecule has 1 saturated heterocycles. The summed E-state index contributed by atoms with van der Waals surface area (Å²) in [7, 11) is 1.36. The number of aliphatic hydroxyl groups excluding tert-OH is 1. The molecule has 0 spiro atoms. The van der Waals surface area contributed by atoms with Crippen molar-refractivity contribution in [2.45, 2.75) is 71.2 Å². The Morgan fingerprint density at radius 2 is 1.59 bits per heavy atom. The van der Waals surface area contributed by atoms with Gasteiger partial charge in [0.2, 0.25) is 23.6 Å². The van der Waals surface area contributed by atoms with Crippen LogP contribution < -0.4 is 27.0 Å². The second-order valence-corrected chi connectivity index (χ2v) is 12.5. The fourth-order valence-corrected chi connectivity index (χ4v) is 5.39. The molecule has 286 valence electrons. The van der Waals surface area contributed by atoms with Crippen molar-refractivity contribution in [2.75, 3.05) is 65.2 Å². The first kappa shape index (κ1) is 42.8. The number of methoxy groups -OCH3 is 1. The summed E-state index contributed by atoms with van der Waals surface area (Å²) < 4.78 is 21.1. The summed E-state index contributed by atoms with van der Waals surface area (Å²) in [5.74, 6) is -2.55. The monoisotopic (exact) mass is 722 g/mol. The summed E-state index contributed by atoms with van der Waals surface area (Å²) in [5, 5.41) is 19.8. The van der Waals surface area contributed by atoms with Crippen molar-refractivity contribution >= 4 is 41.3 Å². The minimum absolute atomic E-state index is 0.0932. The maximum absolute atomic E-state index is 13.3. The molecule has 0 radical (unpaired) electrons. The molecule has 1 aliphatic rings. The standard InChI is InChI=1S/C34H54N6O11/c1-22(2)30(32(45)38-27(6-5-12-36-34(35)47)31(44)37-26-9-7-24(19-41)8-10-26)39-28(42)20-50-16-14-49-15-17-51-21-29(43)40-13-11-25(18-23(40)3)33(46)48-4/h7-10,22-23,25,27,30,41H,5-6,11-21H2,1-4H3,(H,37,44)(H,38,45)(H,39,42)(H3,35,36,47)/t23-,25-,27-,30-/m0/s1. The fourth-order valence-electron chi connectivity index (χ4n) is 5.39. The Labute approximate surface area is 298 Å². The number of rotatable bonds is 22. The van der Waals surface area contributed by atoms with Gasteiger partial charge in [0.05, 0.1) is 46.1 Å². The van der Waals surface area contributed by atoms with Crippen LogP contribution in [0.25, 0.3) is 0 Å². The lowest BCUT2D eigenvalue weighted by Gasteiger charge is -2.36. The highest BCUT2D eigenvalue weighted by atomic mass is 16.5. The zero-order chi connectivity index (χ0) is 37.8. The third-order valence-electron chi connectivity index (χ3n) is 8.21. The molecule has 2 rings (SSSR count). The number of carbonyl (C=O) groups excluding carboxylic acids is 6. The van der Waals surface area contributed by atoms with Gasteiger partial charge in [-0.3, -0.25) is 24.0 Å². The predicted octanol–water partition coefficient (Wildman–Crippen LogP) is 0.0414. The van der Waals surface area contributed by atoms with E-state index in [9.17, 15) is 33.9 Å². The van der Waals surface area contributed by atoms with Crippen LogP contribution in [0, 0.1) is 11.8 Å². The Bertz CT molecular complexity index is 1280. The molecule has 17 nitrogen and oxygen atoms in total. The molecule has 1 fully saturated rings. The lowest BCUT2D eigenvalue weighted by molar-refractivity contribution is -0.151. The first-order chi connectivity index (χ1) is 24.4. The molecule has 7 N–H and O–H groups in total. The maximum atomic E-state index is 13.3. The van der Waals surface area contributed by atoms with Crippen molar-refractivity contribution in [3.8, 4) is 0 Å². The highest BCUT2D eigenvalue weighted by Gasteiger charge is 2.33. The topological polar surface area (TPSA) is 237 Å². The smallest absolute Gasteiger partial charge is 0.312 e. The lowest BCUT2D eigenvalue weighted by Crippen LogP contribution is -2.55. The molecule has 0 saturated carbocycles. The number of benzene rings is 1. The van der Waals surface area contributed by atoms with Gasteiger partial charge >= 0.3 is 12.0 Å². The van der Waals surface area contributed by atoms with E-state index < -0.39 is 35.8 Å². The second-order valence-electron chi connectivity index (χ2n) is 12.5. The van der Waals surface area contributed by atoms with Crippen LogP contribution in [-0.2, 0) is 49.5 Å². The number of carbonyl (C=O) groups is 6. The van der Waals surface area contributed by atoms with Crippen LogP contribution in [0.4, 0.5) is 10.5 Å². The first-order valence-electron chi connectivity index (χ1n) is 17.1. The zero-order valence-electron chi connectivity index (χ0n) is 29.9. The highest BCUT2D eigenvalue weighted by Crippen LogP contribution is 2.24. The molecule has 0 aliphatic carbocycles. The number of nitrogens with two attached hydrogens (primary N) is 1. The summed E-state index contributed by atoms with van der Waals surface area (Å²) in [6.45, 7) is 6.11. The largest absolute Gasteiger partial charge is 0.469 e. The van der Waals surface area contributed by atoms with Gasteiger partial charge in [-0.25, -0.2) is 4.79 Å². The molecule has 0 unspecified atom stereocenters. The van der Waals surface area contributed by atoms with Gasteiger partial charge in [-0.1, -0.05) is 26.0 Å². The summed E-state index contributed by atoms with van der Waals surface area (Å²) in [6, 6.07) is 3.79. The van der Waals surface area contributed by atoms with Crippen LogP contribution in [0.15, 0.2) is 24.3 Å². The quantitative estimate of drug-likeness (QED) is 0.0690. The summed E-state index contributed by atoms with van der Waals surface area (Å²) in [6.07, 6.45) is 1.61. The SMILES string of the molecule is COC(=O)[C@H]1CCN(C(=O)COCCOCCOCC(=O)N[C@H](C(=O)N[C@@H](CCCNC(N)=O)C(=O)Nc2ccc(CO)cc2)C(C)C)[C@@H](C)C1. The number of anilines is 1. The summed E-state index contributed by atoms with van der Waals surface area (Å²) in [5.41, 5.74) is 6.25. The number of ether oxygens (including phenoxy) is 4. The number of nitrogens with one attached hydrogen (secondary N) is 4. The zero-order valence-corrected chi connectivity index (χ0v) is 29.9. The van der Waals surface area contributed by atoms with Crippen molar-refractivity contribution in [3.05, 3.63) is 29.8 Å². The van der Waals surface area contributed by atoms with Crippen LogP contribution in [0.1, 0.15) is 52.0 Å². The van der Waals surface area contributed by atoms with Gasteiger partial charge in [0.25, 0.3) is 0 Å². The molecule has 17 heteroatoms. The van der Waals surface area contributed by atoms with Crippen LogP contribution >= 0.6 is 0 Å². The molecule has 51 heavy (non-hydrogen) atoms. The van der Waals surface area contributed by atoms with Gasteiger partial charge in [-0.2, -0.15) is 0 Å². The number of aliphatic hydroxyl groups is 1. The number of piperidine rings is 1. The number of hydrogen-bond acceptors (Lipinski definition) is 11. The van der Waals surface area contributed by atoms with Crippen molar-refractivity contribution in [1.82, 2.24) is 20.9 Å². The molecule has 1 aromatic rings. The molecular formula is C34H54N6O11. The number of esters is 1.